The van der Waals surface area contributed by atoms with Crippen LogP contribution in [0.15, 0.2) is 18.2 Å². The molecule has 0 spiro atoms. The van der Waals surface area contributed by atoms with Crippen LogP contribution in [-0.4, -0.2) is 10.2 Å². The standard InChI is InChI=1S/C15H16N4O/c1-4-11-5-6-14(13(17)7-11)20-15-12(8-16)9(2)10(3)18-19-15/h5-7H,4,17H2,1-3H3. The highest BCUT2D eigenvalue weighted by Gasteiger charge is 2.14. The molecule has 0 unspecified atom stereocenters. The molecular weight excluding hydrogens is 252 g/mol. The van der Waals surface area contributed by atoms with Gasteiger partial charge in [-0.25, -0.2) is 0 Å². The van der Waals surface area contributed by atoms with E-state index in [1.165, 1.54) is 0 Å². The molecule has 2 rings (SSSR count). The quantitative estimate of drug-likeness (QED) is 0.865. The summed E-state index contributed by atoms with van der Waals surface area (Å²) in [5, 5.41) is 17.1. The van der Waals surface area contributed by atoms with E-state index in [1.54, 1.807) is 13.0 Å². The molecule has 0 radical (unpaired) electrons. The Labute approximate surface area is 118 Å². The van der Waals surface area contributed by atoms with Gasteiger partial charge in [0.1, 0.15) is 11.6 Å². The number of ether oxygens (including phenoxy) is 1. The predicted molar refractivity (Wildman–Crippen MR) is 76.5 cm³/mol. The van der Waals surface area contributed by atoms with E-state index in [0.717, 1.165) is 17.5 Å². The Bertz CT molecular complexity index is 689. The zero-order valence-electron chi connectivity index (χ0n) is 11.8. The van der Waals surface area contributed by atoms with Gasteiger partial charge in [-0.05, 0) is 43.5 Å². The summed E-state index contributed by atoms with van der Waals surface area (Å²) in [5.74, 6) is 0.669. The Morgan fingerprint density at radius 2 is 2.05 bits per heavy atom. The molecule has 0 saturated carbocycles. The molecule has 0 atom stereocenters. The number of benzene rings is 1. The zero-order valence-corrected chi connectivity index (χ0v) is 11.8. The zero-order chi connectivity index (χ0) is 14.7. The summed E-state index contributed by atoms with van der Waals surface area (Å²) in [6.07, 6.45) is 0.900. The maximum Gasteiger partial charge on any atom is 0.257 e. The van der Waals surface area contributed by atoms with Gasteiger partial charge in [0.05, 0.1) is 11.4 Å². The number of nitriles is 1. The van der Waals surface area contributed by atoms with Crippen LogP contribution >= 0.6 is 0 Å². The number of aryl methyl sites for hydroxylation is 2. The topological polar surface area (TPSA) is 84.8 Å². The van der Waals surface area contributed by atoms with Crippen LogP contribution in [0.2, 0.25) is 0 Å². The van der Waals surface area contributed by atoms with Crippen LogP contribution in [0.25, 0.3) is 0 Å². The van der Waals surface area contributed by atoms with Crippen LogP contribution in [0.3, 0.4) is 0 Å². The monoisotopic (exact) mass is 268 g/mol. The van der Waals surface area contributed by atoms with Gasteiger partial charge in [0, 0.05) is 0 Å². The Balaban J connectivity index is 2.41. The molecule has 0 saturated heterocycles. The maximum atomic E-state index is 9.22. The second kappa shape index (κ2) is 5.57. The Morgan fingerprint density at radius 3 is 2.65 bits per heavy atom. The molecule has 2 aromatic rings. The van der Waals surface area contributed by atoms with Crippen molar-refractivity contribution in [1.29, 1.82) is 5.26 Å². The molecular formula is C15H16N4O. The Morgan fingerprint density at radius 1 is 1.30 bits per heavy atom. The molecule has 0 aliphatic heterocycles. The van der Waals surface area contributed by atoms with Crippen molar-refractivity contribution in [3.8, 4) is 17.7 Å². The smallest absolute Gasteiger partial charge is 0.257 e. The van der Waals surface area contributed by atoms with Crippen molar-refractivity contribution in [1.82, 2.24) is 10.2 Å². The molecule has 0 amide bonds. The average Bonchev–Trinajstić information content (AvgIpc) is 2.45. The second-order valence-electron chi connectivity index (χ2n) is 4.53. The van der Waals surface area contributed by atoms with Gasteiger partial charge < -0.3 is 10.5 Å². The molecule has 1 aromatic heterocycles. The molecule has 1 heterocycles. The SMILES string of the molecule is CCc1ccc(Oc2nnc(C)c(C)c2C#N)c(N)c1. The first-order valence-corrected chi connectivity index (χ1v) is 6.37. The predicted octanol–water partition coefficient (Wildman–Crippen LogP) is 2.90. The molecule has 102 valence electrons. The number of aromatic nitrogens is 2. The molecule has 0 bridgehead atoms. The first-order chi connectivity index (χ1) is 9.56. The van der Waals surface area contributed by atoms with E-state index in [1.807, 2.05) is 19.1 Å². The summed E-state index contributed by atoms with van der Waals surface area (Å²) in [6, 6.07) is 7.68. The van der Waals surface area contributed by atoms with Gasteiger partial charge in [0.15, 0.2) is 5.75 Å². The normalized spacial score (nSPS) is 10.1. The number of nitrogens with two attached hydrogens (primary N) is 1. The molecule has 5 nitrogen and oxygen atoms in total. The molecule has 0 aliphatic rings. The summed E-state index contributed by atoms with van der Waals surface area (Å²) < 4.78 is 5.65. The van der Waals surface area contributed by atoms with Crippen LogP contribution in [0.1, 0.15) is 29.3 Å². The molecule has 0 fully saturated rings. The first-order valence-electron chi connectivity index (χ1n) is 6.37. The summed E-state index contributed by atoms with van der Waals surface area (Å²) in [4.78, 5) is 0. The number of hydrogen-bond acceptors (Lipinski definition) is 5. The average molecular weight is 268 g/mol. The third kappa shape index (κ3) is 2.54. The largest absolute Gasteiger partial charge is 0.434 e. The van der Waals surface area contributed by atoms with Gasteiger partial charge >= 0.3 is 0 Å². The van der Waals surface area contributed by atoms with E-state index in [9.17, 15) is 5.26 Å². The highest BCUT2D eigenvalue weighted by Crippen LogP contribution is 2.30. The van der Waals surface area contributed by atoms with Crippen molar-refractivity contribution in [3.63, 3.8) is 0 Å². The maximum absolute atomic E-state index is 9.22. The van der Waals surface area contributed by atoms with E-state index < -0.39 is 0 Å². The lowest BCUT2D eigenvalue weighted by molar-refractivity contribution is 0.454. The lowest BCUT2D eigenvalue weighted by Gasteiger charge is -2.11. The van der Waals surface area contributed by atoms with Gasteiger partial charge in [-0.2, -0.15) is 10.4 Å². The summed E-state index contributed by atoms with van der Waals surface area (Å²) >= 11 is 0. The molecule has 0 aliphatic carbocycles. The molecule has 1 aromatic carbocycles. The van der Waals surface area contributed by atoms with Crippen molar-refractivity contribution >= 4 is 5.69 Å². The van der Waals surface area contributed by atoms with Crippen LogP contribution < -0.4 is 10.5 Å². The van der Waals surface area contributed by atoms with Gasteiger partial charge in [0.2, 0.25) is 0 Å². The van der Waals surface area contributed by atoms with Crippen LogP contribution in [0, 0.1) is 25.2 Å². The summed E-state index contributed by atoms with van der Waals surface area (Å²) in [7, 11) is 0. The highest BCUT2D eigenvalue weighted by molar-refractivity contribution is 5.56. The van der Waals surface area contributed by atoms with E-state index in [4.69, 9.17) is 10.5 Å². The van der Waals surface area contributed by atoms with Crippen LogP contribution in [-0.2, 0) is 6.42 Å². The summed E-state index contributed by atoms with van der Waals surface area (Å²) in [5.41, 5.74) is 9.46. The fourth-order valence-electron chi connectivity index (χ4n) is 1.80. The van der Waals surface area contributed by atoms with Crippen molar-refractivity contribution in [2.24, 2.45) is 0 Å². The number of nitrogens with zero attached hydrogens (tertiary/aromatic N) is 3. The van der Waals surface area contributed by atoms with Crippen molar-refractivity contribution < 1.29 is 4.74 Å². The number of hydrogen-bond donors (Lipinski definition) is 1. The van der Waals surface area contributed by atoms with E-state index >= 15 is 0 Å². The molecule has 2 N–H and O–H groups in total. The first kappa shape index (κ1) is 13.8. The van der Waals surface area contributed by atoms with E-state index in [0.29, 0.717) is 22.7 Å². The molecule has 5 heteroatoms. The van der Waals surface area contributed by atoms with Gasteiger partial charge in [-0.3, -0.25) is 0 Å². The van der Waals surface area contributed by atoms with E-state index in [-0.39, 0.29) is 5.88 Å². The fraction of sp³-hybridized carbons (Fsp3) is 0.267. The third-order valence-corrected chi connectivity index (χ3v) is 3.22. The van der Waals surface area contributed by atoms with Gasteiger partial charge in [-0.1, -0.05) is 13.0 Å². The fourth-order valence-corrected chi connectivity index (χ4v) is 1.80. The van der Waals surface area contributed by atoms with Crippen LogP contribution in [0.4, 0.5) is 5.69 Å². The molecule has 20 heavy (non-hydrogen) atoms. The number of nitrogen functional groups attached to an aromatic ring is 1. The Kier molecular flexibility index (Phi) is 3.85. The minimum atomic E-state index is 0.187. The number of anilines is 1. The van der Waals surface area contributed by atoms with Crippen molar-refractivity contribution in [2.45, 2.75) is 27.2 Å². The summed E-state index contributed by atoms with van der Waals surface area (Å²) in [6.45, 7) is 5.67. The van der Waals surface area contributed by atoms with Gasteiger partial charge in [-0.15, -0.1) is 5.10 Å². The second-order valence-corrected chi connectivity index (χ2v) is 4.53. The minimum Gasteiger partial charge on any atom is -0.434 e. The van der Waals surface area contributed by atoms with Crippen molar-refractivity contribution in [3.05, 3.63) is 40.6 Å². The minimum absolute atomic E-state index is 0.187. The number of rotatable bonds is 3. The lowest BCUT2D eigenvalue weighted by atomic mass is 10.1. The van der Waals surface area contributed by atoms with E-state index in [2.05, 4.69) is 23.2 Å². The van der Waals surface area contributed by atoms with Crippen molar-refractivity contribution in [2.75, 3.05) is 5.73 Å². The van der Waals surface area contributed by atoms with Gasteiger partial charge in [0.25, 0.3) is 5.88 Å². The third-order valence-electron chi connectivity index (χ3n) is 3.22. The lowest BCUT2D eigenvalue weighted by Crippen LogP contribution is -2.02. The highest BCUT2D eigenvalue weighted by atomic mass is 16.5. The van der Waals surface area contributed by atoms with Crippen LogP contribution in [0.5, 0.6) is 11.6 Å². The Hall–Kier alpha value is -2.61.